The molecule has 0 spiro atoms. The van der Waals surface area contributed by atoms with Crippen LogP contribution in [0.1, 0.15) is 6.42 Å². The van der Waals surface area contributed by atoms with Crippen LogP contribution in [0.2, 0.25) is 0 Å². The van der Waals surface area contributed by atoms with Gasteiger partial charge in [0.1, 0.15) is 0 Å². The molecule has 4 heteroatoms. The van der Waals surface area contributed by atoms with Gasteiger partial charge in [0, 0.05) is 46.9 Å². The quantitative estimate of drug-likeness (QED) is 0.587. The molecule has 1 N–H and O–H groups in total. The smallest absolute Gasteiger partial charge is 0.0710 e. The molecule has 1 fully saturated rings. The molecule has 0 amide bonds. The van der Waals surface area contributed by atoms with Gasteiger partial charge < -0.3 is 14.8 Å². The summed E-state index contributed by atoms with van der Waals surface area (Å²) in [6.07, 6.45) is 1.63. The Morgan fingerprint density at radius 3 is 2.86 bits per heavy atom. The molecular formula is C10H22N2O2. The molecule has 0 saturated carbocycles. The molecule has 1 heterocycles. The average molecular weight is 202 g/mol. The molecular weight excluding hydrogens is 180 g/mol. The highest BCUT2D eigenvalue weighted by atomic mass is 16.5. The van der Waals surface area contributed by atoms with E-state index < -0.39 is 0 Å². The maximum atomic E-state index is 5.30. The number of nitrogens with one attached hydrogen (secondary N) is 1. The van der Waals surface area contributed by atoms with Gasteiger partial charge in [-0.15, -0.1) is 0 Å². The first-order valence-electron chi connectivity index (χ1n) is 5.31. The summed E-state index contributed by atoms with van der Waals surface area (Å²) in [6, 6.07) is 0. The van der Waals surface area contributed by atoms with Crippen LogP contribution in [0.25, 0.3) is 0 Å². The van der Waals surface area contributed by atoms with Crippen LogP contribution in [0.15, 0.2) is 0 Å². The highest BCUT2D eigenvalue weighted by molar-refractivity contribution is 4.75. The van der Waals surface area contributed by atoms with Crippen molar-refractivity contribution in [1.29, 1.82) is 0 Å². The van der Waals surface area contributed by atoms with Crippen LogP contribution in [0.3, 0.4) is 0 Å². The van der Waals surface area contributed by atoms with Crippen molar-refractivity contribution >= 4 is 0 Å². The summed E-state index contributed by atoms with van der Waals surface area (Å²) in [4.78, 5) is 2.44. The number of likely N-dealkylation sites (tertiary alicyclic amines) is 1. The molecule has 1 aliphatic rings. The first-order valence-corrected chi connectivity index (χ1v) is 5.31. The van der Waals surface area contributed by atoms with E-state index in [-0.39, 0.29) is 0 Å². The van der Waals surface area contributed by atoms with E-state index >= 15 is 0 Å². The highest BCUT2D eigenvalue weighted by Crippen LogP contribution is 2.10. The topological polar surface area (TPSA) is 33.7 Å². The van der Waals surface area contributed by atoms with Crippen LogP contribution in [-0.2, 0) is 9.47 Å². The number of ether oxygens (including phenoxy) is 2. The molecule has 0 aromatic carbocycles. The molecule has 4 nitrogen and oxygen atoms in total. The Kier molecular flexibility index (Phi) is 6.10. The lowest BCUT2D eigenvalue weighted by molar-refractivity contribution is 0.108. The Morgan fingerprint density at radius 2 is 2.21 bits per heavy atom. The summed E-state index contributed by atoms with van der Waals surface area (Å²) in [6.45, 7) is 6.15. The van der Waals surface area contributed by atoms with Crippen molar-refractivity contribution < 1.29 is 9.47 Å². The van der Waals surface area contributed by atoms with E-state index in [0.717, 1.165) is 32.8 Å². The summed E-state index contributed by atoms with van der Waals surface area (Å²) in [5.41, 5.74) is 0. The zero-order chi connectivity index (χ0) is 10.2. The predicted molar refractivity (Wildman–Crippen MR) is 56.6 cm³/mol. The molecule has 0 aromatic heterocycles. The number of nitrogens with zero attached hydrogens (tertiary/aromatic N) is 1. The summed E-state index contributed by atoms with van der Waals surface area (Å²) in [5, 5.41) is 3.34. The van der Waals surface area contributed by atoms with Gasteiger partial charge in [0.15, 0.2) is 0 Å². The minimum Gasteiger partial charge on any atom is -0.383 e. The molecule has 1 atom stereocenters. The van der Waals surface area contributed by atoms with Crippen LogP contribution < -0.4 is 5.32 Å². The molecule has 84 valence electrons. The summed E-state index contributed by atoms with van der Waals surface area (Å²) in [5.74, 6) is 0. The van der Waals surface area contributed by atoms with E-state index in [9.17, 15) is 0 Å². The zero-order valence-corrected chi connectivity index (χ0v) is 9.29. The van der Waals surface area contributed by atoms with Gasteiger partial charge in [-0.05, 0) is 6.42 Å². The maximum absolute atomic E-state index is 5.30. The lowest BCUT2D eigenvalue weighted by Gasteiger charge is -2.15. The van der Waals surface area contributed by atoms with Crippen molar-refractivity contribution in [2.24, 2.45) is 0 Å². The predicted octanol–water partition coefficient (Wildman–Crippen LogP) is -0.0569. The lowest BCUT2D eigenvalue weighted by atomic mass is 10.3. The minimum atomic E-state index is 0.453. The summed E-state index contributed by atoms with van der Waals surface area (Å²) in [7, 11) is 3.52. The molecule has 0 bridgehead atoms. The van der Waals surface area contributed by atoms with Crippen LogP contribution in [0.5, 0.6) is 0 Å². The monoisotopic (exact) mass is 202 g/mol. The molecule has 1 aliphatic heterocycles. The van der Waals surface area contributed by atoms with E-state index in [4.69, 9.17) is 9.47 Å². The molecule has 1 saturated heterocycles. The van der Waals surface area contributed by atoms with E-state index in [1.807, 2.05) is 0 Å². The molecule has 0 aromatic rings. The molecule has 0 aliphatic carbocycles. The Labute approximate surface area is 86.6 Å². The van der Waals surface area contributed by atoms with Crippen molar-refractivity contribution in [3.8, 4) is 0 Å². The fourth-order valence-corrected chi connectivity index (χ4v) is 1.73. The van der Waals surface area contributed by atoms with Crippen LogP contribution in [-0.4, -0.2) is 64.6 Å². The third-order valence-corrected chi connectivity index (χ3v) is 2.65. The first kappa shape index (κ1) is 11.9. The fourth-order valence-electron chi connectivity index (χ4n) is 1.73. The largest absolute Gasteiger partial charge is 0.383 e. The van der Waals surface area contributed by atoms with Gasteiger partial charge in [-0.25, -0.2) is 0 Å². The number of methoxy groups -OCH3 is 2. The third kappa shape index (κ3) is 4.37. The van der Waals surface area contributed by atoms with E-state index in [1.54, 1.807) is 14.2 Å². The molecule has 1 rings (SSSR count). The highest BCUT2D eigenvalue weighted by Gasteiger charge is 2.20. The van der Waals surface area contributed by atoms with Gasteiger partial charge in [0.2, 0.25) is 0 Å². The van der Waals surface area contributed by atoms with Gasteiger partial charge >= 0.3 is 0 Å². The summed E-state index contributed by atoms with van der Waals surface area (Å²) >= 11 is 0. The molecule has 14 heavy (non-hydrogen) atoms. The lowest BCUT2D eigenvalue weighted by Crippen LogP contribution is -2.32. The zero-order valence-electron chi connectivity index (χ0n) is 9.29. The Morgan fingerprint density at radius 1 is 1.36 bits per heavy atom. The minimum absolute atomic E-state index is 0.453. The van der Waals surface area contributed by atoms with E-state index in [2.05, 4.69) is 10.2 Å². The fraction of sp³-hybridized carbons (Fsp3) is 1.00. The van der Waals surface area contributed by atoms with Crippen molar-refractivity contribution in [3.05, 3.63) is 0 Å². The van der Waals surface area contributed by atoms with E-state index in [1.165, 1.54) is 13.0 Å². The average Bonchev–Trinajstić information content (AvgIpc) is 2.65. The number of hydrogen-bond acceptors (Lipinski definition) is 4. The molecule has 1 unspecified atom stereocenters. The van der Waals surface area contributed by atoms with Crippen LogP contribution in [0.4, 0.5) is 0 Å². The first-order chi connectivity index (χ1) is 6.86. The second kappa shape index (κ2) is 7.17. The van der Waals surface area contributed by atoms with Crippen molar-refractivity contribution in [1.82, 2.24) is 10.2 Å². The van der Waals surface area contributed by atoms with Gasteiger partial charge in [0.25, 0.3) is 0 Å². The van der Waals surface area contributed by atoms with Crippen molar-refractivity contribution in [2.45, 2.75) is 12.5 Å². The Balaban J connectivity index is 1.92. The van der Waals surface area contributed by atoms with Gasteiger partial charge in [0.05, 0.1) is 12.7 Å². The van der Waals surface area contributed by atoms with Gasteiger partial charge in [-0.1, -0.05) is 0 Å². The molecule has 0 radical (unpaired) electrons. The maximum Gasteiger partial charge on any atom is 0.0710 e. The second-order valence-corrected chi connectivity index (χ2v) is 3.69. The summed E-state index contributed by atoms with van der Waals surface area (Å²) < 4.78 is 10.3. The normalized spacial score (nSPS) is 23.1. The standard InChI is InChI=1S/C10H22N2O2/c1-13-8-5-11-4-7-12-6-3-10(9-12)14-2/h10-11H,3-9H2,1-2H3. The Bertz CT molecular complexity index is 144. The van der Waals surface area contributed by atoms with Crippen molar-refractivity contribution in [2.75, 3.05) is 53.6 Å². The van der Waals surface area contributed by atoms with E-state index in [0.29, 0.717) is 6.10 Å². The second-order valence-electron chi connectivity index (χ2n) is 3.69. The third-order valence-electron chi connectivity index (χ3n) is 2.65. The van der Waals surface area contributed by atoms with Crippen LogP contribution >= 0.6 is 0 Å². The van der Waals surface area contributed by atoms with Crippen LogP contribution in [0, 0.1) is 0 Å². The number of hydrogen-bond donors (Lipinski definition) is 1. The van der Waals surface area contributed by atoms with Gasteiger partial charge in [-0.3, -0.25) is 4.90 Å². The number of rotatable bonds is 7. The Hall–Kier alpha value is -0.160. The SMILES string of the molecule is COCCNCCN1CCC(OC)C1. The van der Waals surface area contributed by atoms with Crippen molar-refractivity contribution in [3.63, 3.8) is 0 Å². The van der Waals surface area contributed by atoms with Gasteiger partial charge in [-0.2, -0.15) is 0 Å².